The number of benzene rings is 1. The summed E-state index contributed by atoms with van der Waals surface area (Å²) in [7, 11) is 0. The van der Waals surface area contributed by atoms with Crippen LogP contribution in [0.25, 0.3) is 0 Å². The molecule has 1 aliphatic heterocycles. The Labute approximate surface area is 121 Å². The van der Waals surface area contributed by atoms with Crippen LogP contribution in [0.1, 0.15) is 26.3 Å². The number of hydrogen-bond acceptors (Lipinski definition) is 3. The topological polar surface area (TPSA) is 21.7 Å². The number of allylic oxidation sites excluding steroid dienone is 3. The Hall–Kier alpha value is -1.90. The molecule has 2 rings (SSSR count). The van der Waals surface area contributed by atoms with Gasteiger partial charge >= 0.3 is 0 Å². The molecule has 1 heterocycles. The zero-order valence-electron chi connectivity index (χ0n) is 12.6. The van der Waals surface area contributed by atoms with Crippen LogP contribution in [0.5, 0.6) is 11.5 Å². The van der Waals surface area contributed by atoms with Crippen molar-refractivity contribution in [2.45, 2.75) is 27.3 Å². The molecular weight excluding hydrogens is 250 g/mol. The molecule has 1 aliphatic rings. The Morgan fingerprint density at radius 1 is 1.05 bits per heavy atom. The zero-order valence-corrected chi connectivity index (χ0v) is 12.6. The first-order chi connectivity index (χ1) is 9.72. The largest absolute Gasteiger partial charge is 0.494 e. The van der Waals surface area contributed by atoms with E-state index in [-0.39, 0.29) is 0 Å². The van der Waals surface area contributed by atoms with Gasteiger partial charge in [-0.15, -0.1) is 0 Å². The van der Waals surface area contributed by atoms with E-state index in [1.165, 1.54) is 11.3 Å². The van der Waals surface area contributed by atoms with Crippen LogP contribution < -0.4 is 9.47 Å². The van der Waals surface area contributed by atoms with Gasteiger partial charge in [-0.1, -0.05) is 12.2 Å². The first-order valence-corrected chi connectivity index (χ1v) is 7.21. The minimum absolute atomic E-state index is 0.667. The third-order valence-electron chi connectivity index (χ3n) is 3.23. The maximum Gasteiger partial charge on any atom is 0.123 e. The molecule has 0 atom stereocenters. The molecule has 1 aromatic carbocycles. The van der Waals surface area contributed by atoms with Gasteiger partial charge in [0.05, 0.1) is 13.2 Å². The minimum atomic E-state index is 0.667. The second kappa shape index (κ2) is 7.04. The highest BCUT2D eigenvalue weighted by atomic mass is 16.5. The van der Waals surface area contributed by atoms with Gasteiger partial charge in [0.15, 0.2) is 0 Å². The van der Waals surface area contributed by atoms with Crippen molar-refractivity contribution in [3.05, 3.63) is 47.7 Å². The van der Waals surface area contributed by atoms with E-state index in [1.54, 1.807) is 0 Å². The molecule has 0 spiro atoms. The Balaban J connectivity index is 2.17. The van der Waals surface area contributed by atoms with Crippen LogP contribution in [0.4, 0.5) is 0 Å². The van der Waals surface area contributed by atoms with Gasteiger partial charge in [0.2, 0.25) is 0 Å². The fourth-order valence-corrected chi connectivity index (χ4v) is 2.28. The third-order valence-corrected chi connectivity index (χ3v) is 3.23. The van der Waals surface area contributed by atoms with Crippen molar-refractivity contribution >= 4 is 0 Å². The summed E-state index contributed by atoms with van der Waals surface area (Å²) in [4.78, 5) is 2.33. The maximum absolute atomic E-state index is 5.62. The molecule has 0 fully saturated rings. The second-order valence-corrected chi connectivity index (χ2v) is 4.80. The van der Waals surface area contributed by atoms with Crippen LogP contribution in [0, 0.1) is 0 Å². The molecular formula is C17H23NO2. The molecule has 20 heavy (non-hydrogen) atoms. The van der Waals surface area contributed by atoms with Gasteiger partial charge < -0.3 is 14.4 Å². The molecule has 108 valence electrons. The normalized spacial score (nSPS) is 14.2. The lowest BCUT2D eigenvalue weighted by Gasteiger charge is -2.26. The Morgan fingerprint density at radius 3 is 2.25 bits per heavy atom. The average molecular weight is 273 g/mol. The first kappa shape index (κ1) is 14.5. The number of rotatable bonds is 6. The predicted molar refractivity (Wildman–Crippen MR) is 82.1 cm³/mol. The fourth-order valence-electron chi connectivity index (χ4n) is 2.28. The van der Waals surface area contributed by atoms with E-state index in [1.807, 2.05) is 19.9 Å². The van der Waals surface area contributed by atoms with Gasteiger partial charge in [-0.05, 0) is 44.5 Å². The highest BCUT2D eigenvalue weighted by Crippen LogP contribution is 2.25. The molecule has 0 bridgehead atoms. The standard InChI is InChI=1S/C17H23NO2/c1-4-19-16-10-15(11-17(12-16)20-5-2)13-18-9-7-6-8-14(18)3/h6-8,10-12H,4-5,9,13H2,1-3H3. The van der Waals surface area contributed by atoms with Gasteiger partial charge in [0, 0.05) is 24.9 Å². The molecule has 0 radical (unpaired) electrons. The molecule has 0 unspecified atom stereocenters. The quantitative estimate of drug-likeness (QED) is 0.787. The number of hydrogen-bond donors (Lipinski definition) is 0. The average Bonchev–Trinajstić information content (AvgIpc) is 2.42. The van der Waals surface area contributed by atoms with E-state index < -0.39 is 0 Å². The molecule has 0 aromatic heterocycles. The lowest BCUT2D eigenvalue weighted by molar-refractivity contribution is 0.319. The third kappa shape index (κ3) is 3.80. The molecule has 1 aromatic rings. The van der Waals surface area contributed by atoms with Crippen molar-refractivity contribution in [3.8, 4) is 11.5 Å². The van der Waals surface area contributed by atoms with Gasteiger partial charge in [0.25, 0.3) is 0 Å². The van der Waals surface area contributed by atoms with E-state index in [0.29, 0.717) is 13.2 Å². The van der Waals surface area contributed by atoms with Crippen LogP contribution in [-0.4, -0.2) is 24.7 Å². The summed E-state index contributed by atoms with van der Waals surface area (Å²) in [5.74, 6) is 1.75. The van der Waals surface area contributed by atoms with Crippen molar-refractivity contribution < 1.29 is 9.47 Å². The Kier molecular flexibility index (Phi) is 5.10. The predicted octanol–water partition coefficient (Wildman–Crippen LogP) is 3.76. The molecule has 0 saturated carbocycles. The number of nitrogens with zero attached hydrogens (tertiary/aromatic N) is 1. The summed E-state index contributed by atoms with van der Waals surface area (Å²) in [5, 5.41) is 0. The lowest BCUT2D eigenvalue weighted by Crippen LogP contribution is -2.23. The van der Waals surface area contributed by atoms with Gasteiger partial charge in [-0.3, -0.25) is 0 Å². The monoisotopic (exact) mass is 273 g/mol. The Bertz CT molecular complexity index is 481. The van der Waals surface area contributed by atoms with E-state index in [4.69, 9.17) is 9.47 Å². The van der Waals surface area contributed by atoms with Crippen molar-refractivity contribution in [1.82, 2.24) is 4.90 Å². The molecule has 0 aliphatic carbocycles. The summed E-state index contributed by atoms with van der Waals surface area (Å²) in [6.07, 6.45) is 6.41. The van der Waals surface area contributed by atoms with Crippen LogP contribution in [0.3, 0.4) is 0 Å². The highest BCUT2D eigenvalue weighted by Gasteiger charge is 2.10. The molecule has 0 saturated heterocycles. The minimum Gasteiger partial charge on any atom is -0.494 e. The van der Waals surface area contributed by atoms with E-state index in [9.17, 15) is 0 Å². The van der Waals surface area contributed by atoms with Gasteiger partial charge in [0.1, 0.15) is 11.5 Å². The Morgan fingerprint density at radius 2 is 1.70 bits per heavy atom. The molecule has 3 heteroatoms. The summed E-state index contributed by atoms with van der Waals surface area (Å²) in [6.45, 7) is 9.28. The smallest absolute Gasteiger partial charge is 0.123 e. The van der Waals surface area contributed by atoms with Crippen molar-refractivity contribution in [3.63, 3.8) is 0 Å². The summed E-state index contributed by atoms with van der Waals surface area (Å²) < 4.78 is 11.2. The summed E-state index contributed by atoms with van der Waals surface area (Å²) in [6, 6.07) is 6.14. The van der Waals surface area contributed by atoms with E-state index in [0.717, 1.165) is 24.6 Å². The van der Waals surface area contributed by atoms with Crippen molar-refractivity contribution in [1.29, 1.82) is 0 Å². The van der Waals surface area contributed by atoms with Crippen molar-refractivity contribution in [2.75, 3.05) is 19.8 Å². The second-order valence-electron chi connectivity index (χ2n) is 4.80. The highest BCUT2D eigenvalue weighted by molar-refractivity contribution is 5.39. The van der Waals surface area contributed by atoms with E-state index in [2.05, 4.69) is 42.2 Å². The molecule has 0 N–H and O–H groups in total. The molecule has 0 amide bonds. The SMILES string of the molecule is CCOc1cc(CN2CC=CC=C2C)cc(OCC)c1. The number of ether oxygens (including phenoxy) is 2. The summed E-state index contributed by atoms with van der Waals surface area (Å²) >= 11 is 0. The van der Waals surface area contributed by atoms with Crippen molar-refractivity contribution in [2.24, 2.45) is 0 Å². The van der Waals surface area contributed by atoms with E-state index >= 15 is 0 Å². The van der Waals surface area contributed by atoms with Crippen LogP contribution in [0.2, 0.25) is 0 Å². The fraction of sp³-hybridized carbons (Fsp3) is 0.412. The first-order valence-electron chi connectivity index (χ1n) is 7.21. The molecule has 3 nitrogen and oxygen atoms in total. The van der Waals surface area contributed by atoms with Gasteiger partial charge in [-0.25, -0.2) is 0 Å². The van der Waals surface area contributed by atoms with Crippen LogP contribution in [-0.2, 0) is 6.54 Å². The van der Waals surface area contributed by atoms with Gasteiger partial charge in [-0.2, -0.15) is 0 Å². The van der Waals surface area contributed by atoms with Crippen LogP contribution >= 0.6 is 0 Å². The summed E-state index contributed by atoms with van der Waals surface area (Å²) in [5.41, 5.74) is 2.50. The van der Waals surface area contributed by atoms with Crippen LogP contribution in [0.15, 0.2) is 42.1 Å². The maximum atomic E-state index is 5.62. The zero-order chi connectivity index (χ0) is 14.4. The lowest BCUT2D eigenvalue weighted by atomic mass is 10.1.